The Labute approximate surface area is 171 Å². The molecule has 2 N–H and O–H groups in total. The zero-order valence-electron chi connectivity index (χ0n) is 16.6. The molecule has 0 aromatic heterocycles. The third-order valence-electron chi connectivity index (χ3n) is 5.23. The van der Waals surface area contributed by atoms with Gasteiger partial charge < -0.3 is 10.6 Å². The van der Waals surface area contributed by atoms with E-state index in [1.807, 2.05) is 19.9 Å². The average Bonchev–Trinajstić information content (AvgIpc) is 2.89. The number of rotatable bonds is 4. The third-order valence-corrected chi connectivity index (χ3v) is 5.23. The molecule has 0 spiro atoms. The minimum absolute atomic E-state index is 0.381. The second-order valence-corrected chi connectivity index (χ2v) is 7.29. The van der Waals surface area contributed by atoms with Crippen LogP contribution < -0.4 is 10.6 Å². The number of imide groups is 1. The van der Waals surface area contributed by atoms with E-state index in [2.05, 4.69) is 10.6 Å². The molecule has 1 aliphatic rings. The highest BCUT2D eigenvalue weighted by atomic mass is 19.4. The largest absolute Gasteiger partial charge is 0.416 e. The van der Waals surface area contributed by atoms with Gasteiger partial charge in [0, 0.05) is 5.69 Å². The third kappa shape index (κ3) is 3.74. The number of nitrogens with zero attached hydrogens (tertiary/aromatic N) is 1. The Kier molecular flexibility index (Phi) is 5.32. The van der Waals surface area contributed by atoms with Crippen molar-refractivity contribution < 1.29 is 27.6 Å². The summed E-state index contributed by atoms with van der Waals surface area (Å²) in [6.07, 6.45) is -4.71. The molecule has 1 heterocycles. The number of alkyl halides is 3. The van der Waals surface area contributed by atoms with Crippen LogP contribution in [-0.2, 0) is 21.3 Å². The molecule has 1 fully saturated rings. The first-order valence-electron chi connectivity index (χ1n) is 9.12. The fourth-order valence-corrected chi connectivity index (χ4v) is 3.41. The summed E-state index contributed by atoms with van der Waals surface area (Å²) in [5.41, 5.74) is -1.05. The molecule has 0 saturated carbocycles. The summed E-state index contributed by atoms with van der Waals surface area (Å²) in [7, 11) is 0. The fourth-order valence-electron chi connectivity index (χ4n) is 3.41. The first kappa shape index (κ1) is 21.4. The van der Waals surface area contributed by atoms with Crippen molar-refractivity contribution in [3.8, 4) is 0 Å². The van der Waals surface area contributed by atoms with Gasteiger partial charge in [-0.15, -0.1) is 0 Å². The van der Waals surface area contributed by atoms with Crippen LogP contribution in [0, 0.1) is 13.8 Å². The van der Waals surface area contributed by atoms with Crippen LogP contribution >= 0.6 is 0 Å². The van der Waals surface area contributed by atoms with Crippen LogP contribution in [0.4, 0.5) is 23.7 Å². The summed E-state index contributed by atoms with van der Waals surface area (Å²) in [6, 6.07) is 8.89. The number of aryl methyl sites for hydroxylation is 1. The highest BCUT2D eigenvalue weighted by molar-refractivity contribution is 6.10. The van der Waals surface area contributed by atoms with Crippen LogP contribution in [0.15, 0.2) is 42.5 Å². The molecular formula is C21H20F3N3O3. The maximum absolute atomic E-state index is 13.4. The van der Waals surface area contributed by atoms with Gasteiger partial charge in [-0.3, -0.25) is 14.5 Å². The predicted octanol–water partition coefficient (Wildman–Crippen LogP) is 3.73. The van der Waals surface area contributed by atoms with Crippen molar-refractivity contribution in [2.75, 3.05) is 11.9 Å². The van der Waals surface area contributed by atoms with Gasteiger partial charge in [0.25, 0.3) is 5.91 Å². The molecule has 1 aliphatic heterocycles. The van der Waals surface area contributed by atoms with E-state index in [1.54, 1.807) is 12.1 Å². The summed E-state index contributed by atoms with van der Waals surface area (Å²) in [5.74, 6) is -1.57. The Morgan fingerprint density at radius 1 is 1.10 bits per heavy atom. The van der Waals surface area contributed by atoms with E-state index < -0.39 is 41.7 Å². The van der Waals surface area contributed by atoms with Gasteiger partial charge in [0.15, 0.2) is 0 Å². The zero-order valence-corrected chi connectivity index (χ0v) is 16.6. The molecule has 0 radical (unpaired) electrons. The average molecular weight is 419 g/mol. The molecule has 1 saturated heterocycles. The number of hydrogen-bond acceptors (Lipinski definition) is 3. The van der Waals surface area contributed by atoms with Crippen molar-refractivity contribution in [2.24, 2.45) is 0 Å². The van der Waals surface area contributed by atoms with Crippen molar-refractivity contribution >= 4 is 23.5 Å². The van der Waals surface area contributed by atoms with Gasteiger partial charge in [-0.2, -0.15) is 13.2 Å². The number of urea groups is 1. The minimum Gasteiger partial charge on any atom is -0.324 e. The van der Waals surface area contributed by atoms with Crippen molar-refractivity contribution in [3.05, 3.63) is 64.7 Å². The summed E-state index contributed by atoms with van der Waals surface area (Å²) < 4.78 is 40.2. The minimum atomic E-state index is -4.71. The zero-order chi connectivity index (χ0) is 22.3. The lowest BCUT2D eigenvalue weighted by Gasteiger charge is -2.25. The first-order valence-corrected chi connectivity index (χ1v) is 9.12. The van der Waals surface area contributed by atoms with E-state index in [-0.39, 0.29) is 5.56 Å². The van der Waals surface area contributed by atoms with Crippen LogP contribution in [0.5, 0.6) is 0 Å². The molecule has 2 aromatic rings. The topological polar surface area (TPSA) is 78.5 Å². The van der Waals surface area contributed by atoms with Gasteiger partial charge in [-0.05, 0) is 49.6 Å². The van der Waals surface area contributed by atoms with E-state index in [1.165, 1.54) is 19.1 Å². The van der Waals surface area contributed by atoms with E-state index in [9.17, 15) is 27.6 Å². The van der Waals surface area contributed by atoms with Crippen LogP contribution in [0.3, 0.4) is 0 Å². The van der Waals surface area contributed by atoms with Crippen molar-refractivity contribution in [1.82, 2.24) is 10.2 Å². The Hall–Kier alpha value is -3.36. The Balaban J connectivity index is 1.85. The SMILES string of the molecule is Cc1cccc(NC(=O)CN2C(=O)NC(C)(c3ccccc3C(F)(F)F)C2=O)c1C. The van der Waals surface area contributed by atoms with Crippen molar-refractivity contribution in [1.29, 1.82) is 0 Å². The number of hydrogen-bond donors (Lipinski definition) is 2. The number of carbonyl (C=O) groups excluding carboxylic acids is 3. The van der Waals surface area contributed by atoms with Crippen LogP contribution in [0.25, 0.3) is 0 Å². The van der Waals surface area contributed by atoms with E-state index in [0.717, 1.165) is 23.3 Å². The number of halogens is 3. The lowest BCUT2D eigenvalue weighted by molar-refractivity contribution is -0.140. The quantitative estimate of drug-likeness (QED) is 0.742. The summed E-state index contributed by atoms with van der Waals surface area (Å²) in [6.45, 7) is 4.25. The maximum Gasteiger partial charge on any atom is 0.416 e. The number of benzene rings is 2. The number of anilines is 1. The molecule has 6 nitrogen and oxygen atoms in total. The van der Waals surface area contributed by atoms with Crippen LogP contribution in [0.1, 0.15) is 29.2 Å². The molecule has 1 atom stereocenters. The number of nitrogens with one attached hydrogen (secondary N) is 2. The highest BCUT2D eigenvalue weighted by Crippen LogP contribution is 2.39. The molecule has 0 bridgehead atoms. The summed E-state index contributed by atoms with van der Waals surface area (Å²) in [5, 5.41) is 4.94. The molecule has 4 amide bonds. The maximum atomic E-state index is 13.4. The standard InChI is InChI=1S/C21H20F3N3O3/c1-12-7-6-10-16(13(12)2)25-17(28)11-27-18(29)20(3,26-19(27)30)14-8-4-5-9-15(14)21(22,23)24/h4-10H,11H2,1-3H3,(H,25,28)(H,26,30). The van der Waals surface area contributed by atoms with Gasteiger partial charge in [0.2, 0.25) is 5.91 Å². The monoisotopic (exact) mass is 419 g/mol. The van der Waals surface area contributed by atoms with Gasteiger partial charge in [-0.25, -0.2) is 4.79 Å². The number of amides is 4. The molecule has 30 heavy (non-hydrogen) atoms. The highest BCUT2D eigenvalue weighted by Gasteiger charge is 2.52. The van der Waals surface area contributed by atoms with Gasteiger partial charge in [-0.1, -0.05) is 30.3 Å². The normalized spacial score (nSPS) is 19.1. The molecule has 1 unspecified atom stereocenters. The molecule has 0 aliphatic carbocycles. The van der Waals surface area contributed by atoms with Gasteiger partial charge in [0.05, 0.1) is 5.56 Å². The predicted molar refractivity (Wildman–Crippen MR) is 104 cm³/mol. The second-order valence-electron chi connectivity index (χ2n) is 7.29. The van der Waals surface area contributed by atoms with E-state index >= 15 is 0 Å². The first-order chi connectivity index (χ1) is 13.9. The van der Waals surface area contributed by atoms with Crippen molar-refractivity contribution in [3.63, 3.8) is 0 Å². The Bertz CT molecular complexity index is 1040. The Morgan fingerprint density at radius 3 is 2.43 bits per heavy atom. The lowest BCUT2D eigenvalue weighted by Crippen LogP contribution is -2.43. The lowest BCUT2D eigenvalue weighted by atomic mass is 9.87. The van der Waals surface area contributed by atoms with Crippen LogP contribution in [0.2, 0.25) is 0 Å². The van der Waals surface area contributed by atoms with Gasteiger partial charge >= 0.3 is 12.2 Å². The Morgan fingerprint density at radius 2 is 1.77 bits per heavy atom. The number of carbonyl (C=O) groups is 3. The molecular weight excluding hydrogens is 399 g/mol. The second kappa shape index (κ2) is 7.47. The van der Waals surface area contributed by atoms with Gasteiger partial charge in [0.1, 0.15) is 12.1 Å². The summed E-state index contributed by atoms with van der Waals surface area (Å²) >= 11 is 0. The molecule has 158 valence electrons. The smallest absolute Gasteiger partial charge is 0.324 e. The summed E-state index contributed by atoms with van der Waals surface area (Å²) in [4.78, 5) is 38.3. The van der Waals surface area contributed by atoms with Crippen molar-refractivity contribution in [2.45, 2.75) is 32.5 Å². The van der Waals surface area contributed by atoms with E-state index in [0.29, 0.717) is 10.6 Å². The van der Waals surface area contributed by atoms with Crippen LogP contribution in [-0.4, -0.2) is 29.3 Å². The molecule has 3 rings (SSSR count). The fraction of sp³-hybridized carbons (Fsp3) is 0.286. The molecule has 9 heteroatoms. The van der Waals surface area contributed by atoms with E-state index in [4.69, 9.17) is 0 Å². The molecule has 2 aromatic carbocycles.